The van der Waals surface area contributed by atoms with Gasteiger partial charge in [-0.15, -0.1) is 0 Å². The number of halogens is 1. The Balaban J connectivity index is 1.84. The topological polar surface area (TPSA) is 59.4 Å². The van der Waals surface area contributed by atoms with E-state index < -0.39 is 0 Å². The van der Waals surface area contributed by atoms with Crippen LogP contribution < -0.4 is 5.73 Å². The summed E-state index contributed by atoms with van der Waals surface area (Å²) in [5, 5.41) is 0.650. The number of aliphatic imine (C=N–C) groups is 1. The van der Waals surface area contributed by atoms with Gasteiger partial charge >= 0.3 is 0 Å². The van der Waals surface area contributed by atoms with Crippen LogP contribution in [0.25, 0.3) is 0 Å². The van der Waals surface area contributed by atoms with E-state index in [1.807, 2.05) is 11.6 Å². The number of nitrogens with zero attached hydrogens (tertiary/aromatic N) is 4. The second-order valence-electron chi connectivity index (χ2n) is 4.81. The molecule has 1 aromatic heterocycles. The van der Waals surface area contributed by atoms with Crippen molar-refractivity contribution in [2.24, 2.45) is 23.7 Å². The summed E-state index contributed by atoms with van der Waals surface area (Å²) in [6, 6.07) is 0.146. The third-order valence-corrected chi connectivity index (χ3v) is 3.87. The molecule has 0 spiro atoms. The molecule has 1 aliphatic heterocycles. The molecule has 1 aliphatic carbocycles. The first-order chi connectivity index (χ1) is 8.16. The molecule has 92 valence electrons. The van der Waals surface area contributed by atoms with Crippen LogP contribution in [-0.4, -0.2) is 33.5 Å². The smallest absolute Gasteiger partial charge is 0.192 e. The Morgan fingerprint density at radius 1 is 1.53 bits per heavy atom. The Labute approximate surface area is 105 Å². The quantitative estimate of drug-likeness (QED) is 0.879. The maximum absolute atomic E-state index is 6.02. The first kappa shape index (κ1) is 10.9. The number of hydrogen-bond acceptors (Lipinski definition) is 4. The van der Waals surface area contributed by atoms with Crippen LogP contribution in [0.3, 0.4) is 0 Å². The molecule has 2 heterocycles. The highest BCUT2D eigenvalue weighted by molar-refractivity contribution is 6.29. The maximum atomic E-state index is 6.02. The minimum atomic E-state index is 0.146. The van der Waals surface area contributed by atoms with Gasteiger partial charge in [0.1, 0.15) is 17.0 Å². The maximum Gasteiger partial charge on any atom is 0.192 e. The summed E-state index contributed by atoms with van der Waals surface area (Å²) in [5.74, 6) is 2.36. The van der Waals surface area contributed by atoms with E-state index in [1.165, 1.54) is 12.8 Å². The molecule has 0 amide bonds. The molecule has 1 aromatic rings. The van der Waals surface area contributed by atoms with Crippen LogP contribution in [0.4, 0.5) is 0 Å². The first-order valence-corrected chi connectivity index (χ1v) is 6.28. The minimum Gasteiger partial charge on any atom is -0.370 e. The van der Waals surface area contributed by atoms with Gasteiger partial charge in [-0.3, -0.25) is 4.99 Å². The number of nitrogens with two attached hydrogens (primary N) is 1. The van der Waals surface area contributed by atoms with E-state index in [-0.39, 0.29) is 6.04 Å². The van der Waals surface area contributed by atoms with Gasteiger partial charge in [-0.05, 0) is 18.8 Å². The molecule has 0 saturated heterocycles. The van der Waals surface area contributed by atoms with Crippen molar-refractivity contribution < 1.29 is 0 Å². The van der Waals surface area contributed by atoms with E-state index in [4.69, 9.17) is 17.3 Å². The van der Waals surface area contributed by atoms with Crippen LogP contribution in [0.2, 0.25) is 5.15 Å². The highest BCUT2D eigenvalue weighted by Crippen LogP contribution is 2.34. The average molecular weight is 254 g/mol. The zero-order valence-corrected chi connectivity index (χ0v) is 10.6. The number of guanidine groups is 1. The third-order valence-electron chi connectivity index (χ3n) is 3.51. The lowest BCUT2D eigenvalue weighted by Gasteiger charge is -2.25. The van der Waals surface area contributed by atoms with Gasteiger partial charge in [0.05, 0.1) is 12.7 Å². The third kappa shape index (κ3) is 1.88. The lowest BCUT2D eigenvalue weighted by molar-refractivity contribution is 0.317. The summed E-state index contributed by atoms with van der Waals surface area (Å²) >= 11 is 6.02. The molecule has 1 unspecified atom stereocenters. The van der Waals surface area contributed by atoms with Crippen molar-refractivity contribution in [1.29, 1.82) is 0 Å². The Morgan fingerprint density at radius 3 is 2.88 bits per heavy atom. The Kier molecular flexibility index (Phi) is 2.50. The first-order valence-electron chi connectivity index (χ1n) is 5.90. The molecule has 3 rings (SSSR count). The van der Waals surface area contributed by atoms with Gasteiger partial charge in [0.25, 0.3) is 0 Å². The standard InChI is InChI=1S/C11H16ClN5/c1-16-9(12)5-14-10(16)8-4-15-11(13)17(8)6-7-2-3-7/h5,7-8H,2-4,6H2,1H3,(H2,13,15). The lowest BCUT2D eigenvalue weighted by atomic mass is 10.2. The molecule has 5 nitrogen and oxygen atoms in total. The molecular formula is C11H16ClN5. The zero-order chi connectivity index (χ0) is 12.0. The fraction of sp³-hybridized carbons (Fsp3) is 0.636. The number of rotatable bonds is 3. The normalized spacial score (nSPS) is 24.2. The van der Waals surface area contributed by atoms with E-state index in [0.717, 1.165) is 18.3 Å². The van der Waals surface area contributed by atoms with Gasteiger partial charge in [-0.2, -0.15) is 0 Å². The predicted molar refractivity (Wildman–Crippen MR) is 66.9 cm³/mol. The molecule has 6 heteroatoms. The Hall–Kier alpha value is -1.23. The second kappa shape index (κ2) is 3.91. The average Bonchev–Trinajstić information content (AvgIpc) is 2.98. The molecule has 1 atom stereocenters. The van der Waals surface area contributed by atoms with Crippen LogP contribution in [0.15, 0.2) is 11.2 Å². The molecule has 1 saturated carbocycles. The van der Waals surface area contributed by atoms with Crippen LogP contribution in [0.5, 0.6) is 0 Å². The van der Waals surface area contributed by atoms with Crippen LogP contribution in [0, 0.1) is 5.92 Å². The second-order valence-corrected chi connectivity index (χ2v) is 5.20. The van der Waals surface area contributed by atoms with Gasteiger partial charge < -0.3 is 15.2 Å². The molecule has 0 aromatic carbocycles. The number of imidazole rings is 1. The van der Waals surface area contributed by atoms with Crippen molar-refractivity contribution in [3.63, 3.8) is 0 Å². The Bertz CT molecular complexity index is 462. The van der Waals surface area contributed by atoms with Crippen molar-refractivity contribution in [1.82, 2.24) is 14.5 Å². The van der Waals surface area contributed by atoms with Gasteiger partial charge in [-0.1, -0.05) is 11.6 Å². The van der Waals surface area contributed by atoms with Crippen LogP contribution in [0.1, 0.15) is 24.7 Å². The van der Waals surface area contributed by atoms with E-state index >= 15 is 0 Å². The summed E-state index contributed by atoms with van der Waals surface area (Å²) in [4.78, 5) is 10.9. The number of hydrogen-bond donors (Lipinski definition) is 1. The Morgan fingerprint density at radius 2 is 2.29 bits per heavy atom. The molecule has 2 N–H and O–H groups in total. The van der Waals surface area contributed by atoms with Gasteiger partial charge in [0.15, 0.2) is 5.96 Å². The molecule has 0 radical (unpaired) electrons. The number of aromatic nitrogens is 2. The van der Waals surface area contributed by atoms with Crippen molar-refractivity contribution in [2.45, 2.75) is 18.9 Å². The highest BCUT2D eigenvalue weighted by atomic mass is 35.5. The van der Waals surface area contributed by atoms with Gasteiger partial charge in [0, 0.05) is 13.6 Å². The van der Waals surface area contributed by atoms with Crippen molar-refractivity contribution in [2.75, 3.05) is 13.1 Å². The molecule has 1 fully saturated rings. The van der Waals surface area contributed by atoms with Crippen molar-refractivity contribution in [3.8, 4) is 0 Å². The van der Waals surface area contributed by atoms with Crippen molar-refractivity contribution in [3.05, 3.63) is 17.2 Å². The summed E-state index contributed by atoms with van der Waals surface area (Å²) in [7, 11) is 1.93. The fourth-order valence-corrected chi connectivity index (χ4v) is 2.40. The monoisotopic (exact) mass is 253 g/mol. The summed E-state index contributed by atoms with van der Waals surface area (Å²) in [6.07, 6.45) is 4.29. The lowest BCUT2D eigenvalue weighted by Crippen LogP contribution is -2.38. The van der Waals surface area contributed by atoms with Crippen LogP contribution in [-0.2, 0) is 7.05 Å². The predicted octanol–water partition coefficient (Wildman–Crippen LogP) is 1.15. The molecule has 0 bridgehead atoms. The zero-order valence-electron chi connectivity index (χ0n) is 9.80. The SMILES string of the molecule is Cn1c(Cl)cnc1C1CN=C(N)N1CC1CC1. The van der Waals surface area contributed by atoms with E-state index in [9.17, 15) is 0 Å². The molecular weight excluding hydrogens is 238 g/mol. The van der Waals surface area contributed by atoms with E-state index in [0.29, 0.717) is 17.7 Å². The highest BCUT2D eigenvalue weighted by Gasteiger charge is 2.35. The minimum absolute atomic E-state index is 0.146. The summed E-state index contributed by atoms with van der Waals surface area (Å²) < 4.78 is 1.90. The largest absolute Gasteiger partial charge is 0.370 e. The van der Waals surface area contributed by atoms with Gasteiger partial charge in [-0.25, -0.2) is 4.98 Å². The molecule has 17 heavy (non-hydrogen) atoms. The fourth-order valence-electron chi connectivity index (χ4n) is 2.26. The summed E-state index contributed by atoms with van der Waals surface area (Å²) in [6.45, 7) is 1.67. The van der Waals surface area contributed by atoms with Crippen molar-refractivity contribution >= 4 is 17.6 Å². The van der Waals surface area contributed by atoms with E-state index in [2.05, 4.69) is 14.9 Å². The molecule has 2 aliphatic rings. The van der Waals surface area contributed by atoms with Gasteiger partial charge in [0.2, 0.25) is 0 Å². The van der Waals surface area contributed by atoms with E-state index in [1.54, 1.807) is 6.20 Å². The van der Waals surface area contributed by atoms with Crippen LogP contribution >= 0.6 is 11.6 Å². The summed E-state index contributed by atoms with van der Waals surface area (Å²) in [5.41, 5.74) is 5.95.